The van der Waals surface area contributed by atoms with Crippen LogP contribution in [0.4, 0.5) is 5.69 Å². The second-order valence-corrected chi connectivity index (χ2v) is 10.8. The number of nitrogens with zero attached hydrogens (tertiary/aromatic N) is 1. The highest BCUT2D eigenvalue weighted by Gasteiger charge is 2.44. The summed E-state index contributed by atoms with van der Waals surface area (Å²) in [5.74, 6) is 0.946. The minimum Gasteiger partial charge on any atom is -0.493 e. The van der Waals surface area contributed by atoms with E-state index < -0.39 is 6.04 Å². The number of amides is 1. The Morgan fingerprint density at radius 2 is 1.57 bits per heavy atom. The van der Waals surface area contributed by atoms with E-state index in [4.69, 9.17) is 13.9 Å². The number of carbonyl (C=O) groups excluding carboxylic acids is 1. The van der Waals surface area contributed by atoms with E-state index in [0.29, 0.717) is 40.3 Å². The summed E-state index contributed by atoms with van der Waals surface area (Å²) in [6.45, 7) is 10.8. The van der Waals surface area contributed by atoms with Crippen molar-refractivity contribution in [3.8, 4) is 11.5 Å². The monoisotopic (exact) mass is 539 g/mol. The van der Waals surface area contributed by atoms with Gasteiger partial charge in [-0.1, -0.05) is 38.3 Å². The number of hydrogen-bond acceptors (Lipinski definition) is 5. The van der Waals surface area contributed by atoms with E-state index >= 15 is 0 Å². The molecule has 1 aliphatic heterocycles. The van der Waals surface area contributed by atoms with Crippen molar-refractivity contribution in [2.75, 3.05) is 18.6 Å². The van der Waals surface area contributed by atoms with Crippen molar-refractivity contribution in [2.24, 2.45) is 0 Å². The molecule has 0 saturated heterocycles. The average Bonchev–Trinajstić information content (AvgIpc) is 3.23. The summed E-state index contributed by atoms with van der Waals surface area (Å²) in [5, 5.41) is 0.473. The minimum absolute atomic E-state index is 0.0826. The van der Waals surface area contributed by atoms with Crippen molar-refractivity contribution in [1.82, 2.24) is 0 Å². The number of hydrogen-bond donors (Lipinski definition) is 0. The third-order valence-corrected chi connectivity index (χ3v) is 8.01. The Bertz CT molecular complexity index is 1650. The molecule has 0 saturated carbocycles. The highest BCUT2D eigenvalue weighted by Crippen LogP contribution is 2.43. The molecule has 0 bridgehead atoms. The number of benzene rings is 3. The maximum absolute atomic E-state index is 14.1. The molecule has 5 rings (SSSR count). The van der Waals surface area contributed by atoms with E-state index in [1.165, 1.54) is 12.8 Å². The third-order valence-electron chi connectivity index (χ3n) is 8.01. The number of fused-ring (bicyclic) bond motifs is 2. The van der Waals surface area contributed by atoms with Gasteiger partial charge in [-0.05, 0) is 98.3 Å². The van der Waals surface area contributed by atoms with Crippen LogP contribution in [-0.2, 0) is 0 Å². The quantitative estimate of drug-likeness (QED) is 0.204. The Labute approximate surface area is 235 Å². The van der Waals surface area contributed by atoms with Crippen LogP contribution in [0.2, 0.25) is 0 Å². The molecule has 6 heteroatoms. The van der Waals surface area contributed by atoms with Crippen LogP contribution in [0.1, 0.15) is 82.6 Å². The summed E-state index contributed by atoms with van der Waals surface area (Å²) in [7, 11) is 1.60. The molecular weight excluding hydrogens is 502 g/mol. The number of aryl methyl sites for hydroxylation is 4. The highest BCUT2D eigenvalue weighted by molar-refractivity contribution is 6.10. The van der Waals surface area contributed by atoms with Crippen molar-refractivity contribution in [3.05, 3.63) is 97.9 Å². The summed E-state index contributed by atoms with van der Waals surface area (Å²) in [6, 6.07) is 14.5. The van der Waals surface area contributed by atoms with Gasteiger partial charge in [0.15, 0.2) is 16.9 Å². The lowest BCUT2D eigenvalue weighted by molar-refractivity contribution is 0.0971. The first kappa shape index (κ1) is 27.5. The van der Waals surface area contributed by atoms with Gasteiger partial charge >= 0.3 is 0 Å². The highest BCUT2D eigenvalue weighted by atomic mass is 16.5. The number of rotatable bonds is 9. The largest absolute Gasteiger partial charge is 0.493 e. The Morgan fingerprint density at radius 1 is 0.825 bits per heavy atom. The van der Waals surface area contributed by atoms with Gasteiger partial charge in [0, 0.05) is 5.69 Å². The first-order valence-electron chi connectivity index (χ1n) is 14.0. The molecule has 0 radical (unpaired) electrons. The zero-order valence-corrected chi connectivity index (χ0v) is 24.2. The topological polar surface area (TPSA) is 69.0 Å². The summed E-state index contributed by atoms with van der Waals surface area (Å²) in [5.41, 5.74) is 6.19. The van der Waals surface area contributed by atoms with Crippen LogP contribution in [0.3, 0.4) is 0 Å². The van der Waals surface area contributed by atoms with Crippen molar-refractivity contribution >= 4 is 22.6 Å². The number of carbonyl (C=O) groups is 1. The fourth-order valence-corrected chi connectivity index (χ4v) is 5.37. The van der Waals surface area contributed by atoms with Gasteiger partial charge in [-0.25, -0.2) is 0 Å². The maximum atomic E-state index is 14.1. The molecule has 1 aromatic heterocycles. The normalized spacial score (nSPS) is 14.6. The molecule has 0 aliphatic carbocycles. The lowest BCUT2D eigenvalue weighted by Crippen LogP contribution is -2.29. The fraction of sp³-hybridized carbons (Fsp3) is 0.353. The number of ether oxygens (including phenoxy) is 2. The third kappa shape index (κ3) is 4.87. The smallest absolute Gasteiger partial charge is 0.295 e. The summed E-state index contributed by atoms with van der Waals surface area (Å²) in [6.07, 6.45) is 4.43. The second-order valence-electron chi connectivity index (χ2n) is 10.8. The minimum atomic E-state index is -0.681. The molecule has 6 nitrogen and oxygen atoms in total. The lowest BCUT2D eigenvalue weighted by atomic mass is 9.96. The Kier molecular flexibility index (Phi) is 7.70. The Morgan fingerprint density at radius 3 is 2.30 bits per heavy atom. The van der Waals surface area contributed by atoms with Crippen LogP contribution in [0, 0.1) is 27.7 Å². The van der Waals surface area contributed by atoms with Crippen molar-refractivity contribution in [3.63, 3.8) is 0 Å². The number of methoxy groups -OCH3 is 1. The van der Waals surface area contributed by atoms with Crippen LogP contribution in [-0.4, -0.2) is 19.6 Å². The lowest BCUT2D eigenvalue weighted by Gasteiger charge is -2.26. The van der Waals surface area contributed by atoms with Gasteiger partial charge in [0.2, 0.25) is 5.76 Å². The Balaban J connectivity index is 1.66. The van der Waals surface area contributed by atoms with Gasteiger partial charge in [0.05, 0.1) is 30.7 Å². The molecule has 1 unspecified atom stereocenters. The second kappa shape index (κ2) is 11.2. The molecule has 0 N–H and O–H groups in total. The van der Waals surface area contributed by atoms with E-state index in [2.05, 4.69) is 6.92 Å². The summed E-state index contributed by atoms with van der Waals surface area (Å²) in [4.78, 5) is 29.7. The maximum Gasteiger partial charge on any atom is 0.295 e. The van der Waals surface area contributed by atoms with Crippen molar-refractivity contribution in [1.29, 1.82) is 0 Å². The Hall–Kier alpha value is -4.06. The molecular formula is C34H37NO5. The molecule has 208 valence electrons. The van der Waals surface area contributed by atoms with Crippen LogP contribution in [0.5, 0.6) is 11.5 Å². The van der Waals surface area contributed by atoms with Crippen LogP contribution < -0.4 is 19.8 Å². The molecule has 4 aromatic rings. The van der Waals surface area contributed by atoms with Crippen molar-refractivity contribution < 1.29 is 18.7 Å². The zero-order valence-electron chi connectivity index (χ0n) is 24.2. The van der Waals surface area contributed by atoms with Gasteiger partial charge in [-0.3, -0.25) is 14.5 Å². The van der Waals surface area contributed by atoms with Gasteiger partial charge in [0.1, 0.15) is 5.58 Å². The number of unbranched alkanes of at least 4 members (excludes halogenated alkanes) is 3. The molecule has 1 atom stereocenters. The van der Waals surface area contributed by atoms with Crippen molar-refractivity contribution in [2.45, 2.75) is 66.3 Å². The molecule has 1 aliphatic rings. The van der Waals surface area contributed by atoms with E-state index in [1.54, 1.807) is 12.0 Å². The average molecular weight is 540 g/mol. The summed E-state index contributed by atoms with van der Waals surface area (Å²) < 4.78 is 18.0. The van der Waals surface area contributed by atoms with Crippen LogP contribution >= 0.6 is 0 Å². The predicted octanol–water partition coefficient (Wildman–Crippen LogP) is 7.74. The number of anilines is 1. The molecule has 1 amide bonds. The fourth-order valence-electron chi connectivity index (χ4n) is 5.37. The van der Waals surface area contributed by atoms with Gasteiger partial charge in [-0.2, -0.15) is 0 Å². The molecule has 2 heterocycles. The van der Waals surface area contributed by atoms with Gasteiger partial charge < -0.3 is 13.9 Å². The molecule has 3 aromatic carbocycles. The van der Waals surface area contributed by atoms with E-state index in [-0.39, 0.29) is 17.1 Å². The van der Waals surface area contributed by atoms with E-state index in [1.807, 2.05) is 76.2 Å². The standard InChI is InChI=1S/C34H37NO5/c1-7-8-9-10-15-39-27-14-12-24(19-29(27)38-6)31-30-32(36)26-17-22(4)23(5)18-28(26)40-33(30)34(37)35(31)25-13-11-20(2)21(3)16-25/h11-14,16-19,31H,7-10,15H2,1-6H3. The first-order chi connectivity index (χ1) is 19.2. The van der Waals surface area contributed by atoms with Gasteiger partial charge in [-0.15, -0.1) is 0 Å². The SMILES string of the molecule is CCCCCCOc1ccc(C2c3c(oc4cc(C)c(C)cc4c3=O)C(=O)N2c2ccc(C)c(C)c2)cc1OC. The first-order valence-corrected chi connectivity index (χ1v) is 14.0. The van der Waals surface area contributed by atoms with Crippen LogP contribution in [0.15, 0.2) is 57.7 Å². The predicted molar refractivity (Wildman–Crippen MR) is 159 cm³/mol. The van der Waals surface area contributed by atoms with E-state index in [9.17, 15) is 9.59 Å². The van der Waals surface area contributed by atoms with Gasteiger partial charge in [0.25, 0.3) is 5.91 Å². The van der Waals surface area contributed by atoms with Crippen LogP contribution in [0.25, 0.3) is 11.0 Å². The zero-order chi connectivity index (χ0) is 28.6. The van der Waals surface area contributed by atoms with E-state index in [0.717, 1.165) is 40.7 Å². The molecule has 0 spiro atoms. The molecule has 0 fully saturated rings. The summed E-state index contributed by atoms with van der Waals surface area (Å²) >= 11 is 0. The molecule has 40 heavy (non-hydrogen) atoms.